The van der Waals surface area contributed by atoms with Crippen LogP contribution in [-0.4, -0.2) is 19.7 Å². The normalized spacial score (nSPS) is 11.0. The first kappa shape index (κ1) is 15.3. The van der Waals surface area contributed by atoms with Crippen molar-refractivity contribution in [2.75, 3.05) is 5.32 Å². The van der Waals surface area contributed by atoms with Crippen LogP contribution in [0, 0.1) is 20.8 Å². The molecular formula is C20H19N5. The van der Waals surface area contributed by atoms with Gasteiger partial charge in [0.15, 0.2) is 5.65 Å². The van der Waals surface area contributed by atoms with Crippen LogP contribution in [0.25, 0.3) is 16.7 Å². The maximum atomic E-state index is 4.51. The van der Waals surface area contributed by atoms with Crippen molar-refractivity contribution in [2.45, 2.75) is 20.8 Å². The molecule has 25 heavy (non-hydrogen) atoms. The predicted octanol–water partition coefficient (Wildman–Crippen LogP) is 4.48. The lowest BCUT2D eigenvalue weighted by Gasteiger charge is -2.09. The van der Waals surface area contributed by atoms with Crippen LogP contribution >= 0.6 is 0 Å². The van der Waals surface area contributed by atoms with Crippen molar-refractivity contribution in [3.05, 3.63) is 71.7 Å². The highest BCUT2D eigenvalue weighted by Gasteiger charge is 2.11. The monoisotopic (exact) mass is 329 g/mol. The van der Waals surface area contributed by atoms with Crippen molar-refractivity contribution in [2.24, 2.45) is 0 Å². The van der Waals surface area contributed by atoms with Crippen LogP contribution in [-0.2, 0) is 0 Å². The quantitative estimate of drug-likeness (QED) is 0.602. The minimum atomic E-state index is 0.758. The molecule has 0 atom stereocenters. The van der Waals surface area contributed by atoms with Gasteiger partial charge in [0.2, 0.25) is 0 Å². The largest absolute Gasteiger partial charge is 0.340 e. The fourth-order valence-electron chi connectivity index (χ4n) is 3.00. The molecule has 0 fully saturated rings. The van der Waals surface area contributed by atoms with Gasteiger partial charge in [-0.25, -0.2) is 14.6 Å². The van der Waals surface area contributed by atoms with E-state index in [0.29, 0.717) is 0 Å². The SMILES string of the molecule is Cc1ccc(-n2ncc3c(Nc4cc(C)cc(C)c4)ncnc32)cc1. The summed E-state index contributed by atoms with van der Waals surface area (Å²) in [6.07, 6.45) is 3.37. The average Bonchev–Trinajstić information content (AvgIpc) is 3.00. The van der Waals surface area contributed by atoms with E-state index in [0.717, 1.165) is 28.2 Å². The second kappa shape index (κ2) is 6.02. The third kappa shape index (κ3) is 2.96. The minimum absolute atomic E-state index is 0.758. The molecule has 124 valence electrons. The molecule has 0 aliphatic rings. The highest BCUT2D eigenvalue weighted by atomic mass is 15.3. The second-order valence-corrected chi connectivity index (χ2v) is 6.35. The summed E-state index contributed by atoms with van der Waals surface area (Å²) in [5.74, 6) is 0.758. The van der Waals surface area contributed by atoms with Gasteiger partial charge in [0.05, 0.1) is 17.3 Å². The van der Waals surface area contributed by atoms with Gasteiger partial charge in [0.1, 0.15) is 12.1 Å². The van der Waals surface area contributed by atoms with E-state index >= 15 is 0 Å². The molecule has 1 N–H and O–H groups in total. The van der Waals surface area contributed by atoms with E-state index in [1.807, 2.05) is 16.8 Å². The zero-order valence-electron chi connectivity index (χ0n) is 14.5. The van der Waals surface area contributed by atoms with Gasteiger partial charge in [-0.1, -0.05) is 23.8 Å². The summed E-state index contributed by atoms with van der Waals surface area (Å²) in [7, 11) is 0. The molecule has 0 aliphatic heterocycles. The number of aromatic nitrogens is 4. The van der Waals surface area contributed by atoms with Gasteiger partial charge in [0.25, 0.3) is 0 Å². The molecule has 0 saturated heterocycles. The Kier molecular flexibility index (Phi) is 3.69. The third-order valence-corrected chi connectivity index (χ3v) is 4.13. The zero-order valence-corrected chi connectivity index (χ0v) is 14.5. The first-order valence-electron chi connectivity index (χ1n) is 8.21. The summed E-state index contributed by atoms with van der Waals surface area (Å²) in [5.41, 5.74) is 6.42. The minimum Gasteiger partial charge on any atom is -0.340 e. The number of nitrogens with zero attached hydrogens (tertiary/aromatic N) is 4. The van der Waals surface area contributed by atoms with Crippen molar-refractivity contribution >= 4 is 22.5 Å². The van der Waals surface area contributed by atoms with Crippen LogP contribution < -0.4 is 5.32 Å². The van der Waals surface area contributed by atoms with Crippen LogP contribution in [0.4, 0.5) is 11.5 Å². The highest BCUT2D eigenvalue weighted by Crippen LogP contribution is 2.25. The van der Waals surface area contributed by atoms with Gasteiger partial charge in [-0.2, -0.15) is 5.10 Å². The Morgan fingerprint density at radius 2 is 1.56 bits per heavy atom. The molecule has 5 nitrogen and oxygen atoms in total. The number of aryl methyl sites for hydroxylation is 3. The van der Waals surface area contributed by atoms with Crippen LogP contribution in [0.1, 0.15) is 16.7 Å². The molecule has 2 aromatic carbocycles. The van der Waals surface area contributed by atoms with Crippen molar-refractivity contribution in [1.29, 1.82) is 0 Å². The van der Waals surface area contributed by atoms with E-state index in [9.17, 15) is 0 Å². The summed E-state index contributed by atoms with van der Waals surface area (Å²) >= 11 is 0. The summed E-state index contributed by atoms with van der Waals surface area (Å²) in [5, 5.41) is 8.80. The smallest absolute Gasteiger partial charge is 0.168 e. The summed E-state index contributed by atoms with van der Waals surface area (Å²) < 4.78 is 1.84. The summed E-state index contributed by atoms with van der Waals surface area (Å²) in [6, 6.07) is 14.6. The van der Waals surface area contributed by atoms with E-state index in [4.69, 9.17) is 0 Å². The van der Waals surface area contributed by atoms with Gasteiger partial charge in [-0.15, -0.1) is 0 Å². The fraction of sp³-hybridized carbons (Fsp3) is 0.150. The lowest BCUT2D eigenvalue weighted by atomic mass is 10.1. The summed E-state index contributed by atoms with van der Waals surface area (Å²) in [4.78, 5) is 8.83. The first-order chi connectivity index (χ1) is 12.1. The molecule has 4 aromatic rings. The van der Waals surface area contributed by atoms with Gasteiger partial charge in [0, 0.05) is 5.69 Å². The van der Waals surface area contributed by atoms with Crippen LogP contribution in [0.2, 0.25) is 0 Å². The molecule has 2 heterocycles. The number of nitrogens with one attached hydrogen (secondary N) is 1. The molecule has 0 bridgehead atoms. The fourth-order valence-corrected chi connectivity index (χ4v) is 3.00. The number of rotatable bonds is 3. The Labute approximate surface area is 146 Å². The number of hydrogen-bond donors (Lipinski definition) is 1. The van der Waals surface area contributed by atoms with Gasteiger partial charge < -0.3 is 5.32 Å². The molecule has 0 amide bonds. The van der Waals surface area contributed by atoms with E-state index in [1.54, 1.807) is 12.5 Å². The number of fused-ring (bicyclic) bond motifs is 1. The van der Waals surface area contributed by atoms with Crippen molar-refractivity contribution < 1.29 is 0 Å². The van der Waals surface area contributed by atoms with E-state index in [1.165, 1.54) is 16.7 Å². The lowest BCUT2D eigenvalue weighted by Crippen LogP contribution is -2.00. The Morgan fingerprint density at radius 1 is 0.840 bits per heavy atom. The predicted molar refractivity (Wildman–Crippen MR) is 101 cm³/mol. The zero-order chi connectivity index (χ0) is 17.4. The molecule has 2 aromatic heterocycles. The van der Waals surface area contributed by atoms with E-state index in [2.05, 4.69) is 71.5 Å². The van der Waals surface area contributed by atoms with E-state index in [-0.39, 0.29) is 0 Å². The van der Waals surface area contributed by atoms with Crippen molar-refractivity contribution in [3.8, 4) is 5.69 Å². The number of hydrogen-bond acceptors (Lipinski definition) is 4. The first-order valence-corrected chi connectivity index (χ1v) is 8.21. The molecule has 0 spiro atoms. The molecular weight excluding hydrogens is 310 g/mol. The number of benzene rings is 2. The maximum Gasteiger partial charge on any atom is 0.168 e. The molecule has 4 rings (SSSR count). The standard InChI is InChI=1S/C20H19N5/c1-13-4-6-17(7-5-13)25-20-18(11-23-25)19(21-12-22-20)24-16-9-14(2)8-15(3)10-16/h4-12H,1-3H3,(H,21,22,24). The van der Waals surface area contributed by atoms with E-state index < -0.39 is 0 Å². The molecule has 0 radical (unpaired) electrons. The molecule has 0 aliphatic carbocycles. The number of anilines is 2. The second-order valence-electron chi connectivity index (χ2n) is 6.35. The topological polar surface area (TPSA) is 55.6 Å². The maximum absolute atomic E-state index is 4.51. The Morgan fingerprint density at radius 3 is 2.28 bits per heavy atom. The molecule has 0 unspecified atom stereocenters. The highest BCUT2D eigenvalue weighted by molar-refractivity contribution is 5.89. The Hall–Kier alpha value is -3.21. The van der Waals surface area contributed by atoms with Crippen LogP contribution in [0.5, 0.6) is 0 Å². The Bertz CT molecular complexity index is 1030. The average molecular weight is 329 g/mol. The van der Waals surface area contributed by atoms with Gasteiger partial charge in [-0.3, -0.25) is 0 Å². The van der Waals surface area contributed by atoms with Crippen LogP contribution in [0.15, 0.2) is 55.0 Å². The Balaban J connectivity index is 1.77. The van der Waals surface area contributed by atoms with Gasteiger partial charge in [-0.05, 0) is 56.2 Å². The molecule has 0 saturated carbocycles. The van der Waals surface area contributed by atoms with Crippen molar-refractivity contribution in [3.63, 3.8) is 0 Å². The van der Waals surface area contributed by atoms with Crippen molar-refractivity contribution in [1.82, 2.24) is 19.7 Å². The molecule has 5 heteroatoms. The third-order valence-electron chi connectivity index (χ3n) is 4.13. The van der Waals surface area contributed by atoms with Gasteiger partial charge >= 0.3 is 0 Å². The lowest BCUT2D eigenvalue weighted by molar-refractivity contribution is 0.894. The van der Waals surface area contributed by atoms with Crippen LogP contribution in [0.3, 0.4) is 0 Å². The summed E-state index contributed by atoms with van der Waals surface area (Å²) in [6.45, 7) is 6.24.